The molecule has 0 spiro atoms. The third kappa shape index (κ3) is 3.98. The summed E-state index contributed by atoms with van der Waals surface area (Å²) in [6.07, 6.45) is 0.819. The molecule has 0 unspecified atom stereocenters. The summed E-state index contributed by atoms with van der Waals surface area (Å²) >= 11 is 5.98. The molecule has 4 rings (SSSR count). The summed E-state index contributed by atoms with van der Waals surface area (Å²) in [5.74, 6) is -0.571. The van der Waals surface area contributed by atoms with E-state index in [1.807, 2.05) is 25.1 Å². The third-order valence-corrected chi connectivity index (χ3v) is 4.73. The lowest BCUT2D eigenvalue weighted by Gasteiger charge is -2.08. The Morgan fingerprint density at radius 1 is 1.03 bits per heavy atom. The van der Waals surface area contributed by atoms with Crippen molar-refractivity contribution in [2.45, 2.75) is 13.3 Å². The van der Waals surface area contributed by atoms with Crippen LogP contribution in [0.3, 0.4) is 0 Å². The first-order valence-corrected chi connectivity index (χ1v) is 9.64. The van der Waals surface area contributed by atoms with Gasteiger partial charge in [-0.25, -0.2) is 13.9 Å². The molecule has 0 aliphatic carbocycles. The molecule has 5 nitrogen and oxygen atoms in total. The van der Waals surface area contributed by atoms with Crippen molar-refractivity contribution in [3.05, 3.63) is 77.2 Å². The molecule has 2 aromatic heterocycles. The average molecular weight is 409 g/mol. The van der Waals surface area contributed by atoms with Gasteiger partial charge >= 0.3 is 0 Å². The van der Waals surface area contributed by atoms with Crippen LogP contribution in [0.25, 0.3) is 28.2 Å². The van der Waals surface area contributed by atoms with Gasteiger partial charge in [-0.15, -0.1) is 0 Å². The number of hydrogen-bond acceptors (Lipinski definition) is 3. The van der Waals surface area contributed by atoms with Gasteiger partial charge in [-0.1, -0.05) is 30.7 Å². The average Bonchev–Trinajstić information content (AvgIpc) is 3.16. The second kappa shape index (κ2) is 8.01. The highest BCUT2D eigenvalue weighted by Crippen LogP contribution is 2.25. The quantitative estimate of drug-likeness (QED) is 0.505. The van der Waals surface area contributed by atoms with Gasteiger partial charge in [-0.05, 0) is 48.9 Å². The zero-order valence-electron chi connectivity index (χ0n) is 15.7. The molecule has 1 amide bonds. The monoisotopic (exact) mass is 408 g/mol. The number of rotatable bonds is 5. The van der Waals surface area contributed by atoms with E-state index >= 15 is 0 Å². The van der Waals surface area contributed by atoms with E-state index in [4.69, 9.17) is 11.6 Å². The fourth-order valence-electron chi connectivity index (χ4n) is 3.00. The summed E-state index contributed by atoms with van der Waals surface area (Å²) in [5.41, 5.74) is 3.72. The van der Waals surface area contributed by atoms with Crippen molar-refractivity contribution < 1.29 is 9.18 Å². The van der Waals surface area contributed by atoms with Gasteiger partial charge in [-0.2, -0.15) is 5.10 Å². The maximum absolute atomic E-state index is 13.3. The van der Waals surface area contributed by atoms with Crippen LogP contribution >= 0.6 is 11.6 Å². The minimum absolute atomic E-state index is 0.242. The fraction of sp³-hybridized carbons (Fsp3) is 0.136. The molecule has 0 radical (unpaired) electrons. The van der Waals surface area contributed by atoms with Gasteiger partial charge in [0.2, 0.25) is 0 Å². The predicted molar refractivity (Wildman–Crippen MR) is 111 cm³/mol. The van der Waals surface area contributed by atoms with Crippen LogP contribution in [-0.2, 0) is 0 Å². The van der Waals surface area contributed by atoms with Crippen LogP contribution in [0.5, 0.6) is 0 Å². The Morgan fingerprint density at radius 2 is 1.69 bits per heavy atom. The standard InChI is InChI=1S/C22H18ClFN4O/c1-2-11-25-22(29)20-12-18(14-5-9-17(24)10-6-14)26-21-13-19(27-28(20)21)15-3-7-16(23)8-4-15/h3-10,12-13H,2,11H2,1H3,(H,25,29). The minimum Gasteiger partial charge on any atom is -0.351 e. The molecule has 0 aliphatic rings. The van der Waals surface area contributed by atoms with Crippen LogP contribution in [0.1, 0.15) is 23.8 Å². The summed E-state index contributed by atoms with van der Waals surface area (Å²) in [7, 11) is 0. The fourth-order valence-corrected chi connectivity index (χ4v) is 3.12. The SMILES string of the molecule is CCCNC(=O)c1cc(-c2ccc(F)cc2)nc2cc(-c3ccc(Cl)cc3)nn12. The molecule has 2 aromatic carbocycles. The van der Waals surface area contributed by atoms with Crippen molar-refractivity contribution in [2.24, 2.45) is 0 Å². The number of halogens is 2. The highest BCUT2D eigenvalue weighted by molar-refractivity contribution is 6.30. The molecule has 29 heavy (non-hydrogen) atoms. The van der Waals surface area contributed by atoms with Gasteiger partial charge in [0.05, 0.1) is 11.4 Å². The van der Waals surface area contributed by atoms with Crippen molar-refractivity contribution in [2.75, 3.05) is 6.54 Å². The van der Waals surface area contributed by atoms with Crippen LogP contribution in [0.4, 0.5) is 4.39 Å². The van der Waals surface area contributed by atoms with Gasteiger partial charge in [0, 0.05) is 28.8 Å². The molecule has 0 fully saturated rings. The highest BCUT2D eigenvalue weighted by Gasteiger charge is 2.17. The summed E-state index contributed by atoms with van der Waals surface area (Å²) in [5, 5.41) is 8.09. The van der Waals surface area contributed by atoms with E-state index in [9.17, 15) is 9.18 Å². The van der Waals surface area contributed by atoms with Gasteiger partial charge in [0.1, 0.15) is 11.5 Å². The largest absolute Gasteiger partial charge is 0.351 e. The topological polar surface area (TPSA) is 59.3 Å². The van der Waals surface area contributed by atoms with E-state index < -0.39 is 0 Å². The minimum atomic E-state index is -0.329. The van der Waals surface area contributed by atoms with E-state index in [1.54, 1.807) is 30.3 Å². The summed E-state index contributed by atoms with van der Waals surface area (Å²) in [6, 6.07) is 16.8. The summed E-state index contributed by atoms with van der Waals surface area (Å²) < 4.78 is 14.8. The van der Waals surface area contributed by atoms with Crippen molar-refractivity contribution >= 4 is 23.2 Å². The van der Waals surface area contributed by atoms with Crippen LogP contribution in [0, 0.1) is 5.82 Å². The van der Waals surface area contributed by atoms with Crippen molar-refractivity contribution in [1.82, 2.24) is 19.9 Å². The van der Waals surface area contributed by atoms with E-state index in [-0.39, 0.29) is 11.7 Å². The zero-order chi connectivity index (χ0) is 20.4. The van der Waals surface area contributed by atoms with Crippen molar-refractivity contribution in [3.8, 4) is 22.5 Å². The molecule has 2 heterocycles. The van der Waals surface area contributed by atoms with Crippen LogP contribution in [0.2, 0.25) is 5.02 Å². The lowest BCUT2D eigenvalue weighted by Crippen LogP contribution is -2.26. The molecule has 146 valence electrons. The Labute approximate surface area is 172 Å². The lowest BCUT2D eigenvalue weighted by molar-refractivity contribution is 0.0946. The Hall–Kier alpha value is -3.25. The van der Waals surface area contributed by atoms with E-state index in [1.165, 1.54) is 16.6 Å². The van der Waals surface area contributed by atoms with Crippen LogP contribution in [0.15, 0.2) is 60.7 Å². The van der Waals surface area contributed by atoms with Gasteiger partial charge in [0.25, 0.3) is 5.91 Å². The van der Waals surface area contributed by atoms with Gasteiger partial charge < -0.3 is 5.32 Å². The highest BCUT2D eigenvalue weighted by atomic mass is 35.5. The first-order valence-electron chi connectivity index (χ1n) is 9.26. The predicted octanol–water partition coefficient (Wildman–Crippen LogP) is 5.00. The Balaban J connectivity index is 1.86. The molecular formula is C22H18ClFN4O. The summed E-state index contributed by atoms with van der Waals surface area (Å²) in [4.78, 5) is 17.4. The number of hydrogen-bond donors (Lipinski definition) is 1. The first-order chi connectivity index (χ1) is 14.0. The second-order valence-electron chi connectivity index (χ2n) is 6.60. The Bertz CT molecular complexity index is 1170. The van der Waals surface area contributed by atoms with Crippen LogP contribution < -0.4 is 5.32 Å². The molecule has 0 saturated heterocycles. The number of carbonyl (C=O) groups is 1. The van der Waals surface area contributed by atoms with Crippen molar-refractivity contribution in [3.63, 3.8) is 0 Å². The second-order valence-corrected chi connectivity index (χ2v) is 7.03. The van der Waals surface area contributed by atoms with E-state index in [0.717, 1.165) is 12.0 Å². The molecule has 4 aromatic rings. The number of nitrogens with one attached hydrogen (secondary N) is 1. The smallest absolute Gasteiger partial charge is 0.270 e. The number of fused-ring (bicyclic) bond motifs is 1. The molecule has 0 bridgehead atoms. The zero-order valence-corrected chi connectivity index (χ0v) is 16.4. The third-order valence-electron chi connectivity index (χ3n) is 4.48. The summed E-state index contributed by atoms with van der Waals surface area (Å²) in [6.45, 7) is 2.54. The van der Waals surface area contributed by atoms with Gasteiger partial charge in [0.15, 0.2) is 5.65 Å². The van der Waals surface area contributed by atoms with E-state index in [0.29, 0.717) is 39.9 Å². The molecule has 1 N–H and O–H groups in total. The first kappa shape index (κ1) is 19.1. The van der Waals surface area contributed by atoms with E-state index in [2.05, 4.69) is 15.4 Å². The molecule has 0 saturated carbocycles. The molecular weight excluding hydrogens is 391 g/mol. The molecule has 7 heteroatoms. The Morgan fingerprint density at radius 3 is 2.38 bits per heavy atom. The lowest BCUT2D eigenvalue weighted by atomic mass is 10.1. The molecule has 0 atom stereocenters. The maximum atomic E-state index is 13.3. The Kier molecular flexibility index (Phi) is 5.27. The normalized spacial score (nSPS) is 11.0. The molecule has 0 aliphatic heterocycles. The maximum Gasteiger partial charge on any atom is 0.270 e. The number of aromatic nitrogens is 3. The number of carbonyl (C=O) groups excluding carboxylic acids is 1. The van der Waals surface area contributed by atoms with Gasteiger partial charge in [-0.3, -0.25) is 4.79 Å². The van der Waals surface area contributed by atoms with Crippen LogP contribution in [-0.4, -0.2) is 27.0 Å². The number of amides is 1. The number of nitrogens with zero attached hydrogens (tertiary/aromatic N) is 3. The number of benzene rings is 2. The van der Waals surface area contributed by atoms with Crippen molar-refractivity contribution in [1.29, 1.82) is 0 Å².